The molecule has 0 saturated carbocycles. The second-order valence-corrected chi connectivity index (χ2v) is 5.64. The summed E-state index contributed by atoms with van der Waals surface area (Å²) in [5.74, 6) is 1.00. The summed E-state index contributed by atoms with van der Waals surface area (Å²) in [5.41, 5.74) is 3.81. The lowest BCUT2D eigenvalue weighted by Crippen LogP contribution is -2.06. The Hall–Kier alpha value is -0.860. The van der Waals surface area contributed by atoms with E-state index in [0.717, 1.165) is 17.1 Å². The topological polar surface area (TPSA) is 12.9 Å². The van der Waals surface area contributed by atoms with Crippen LogP contribution < -0.4 is 0 Å². The summed E-state index contributed by atoms with van der Waals surface area (Å²) in [4.78, 5) is 4.51. The third kappa shape index (κ3) is 3.08. The molecule has 0 spiro atoms. The van der Waals surface area contributed by atoms with Crippen LogP contribution in [0.25, 0.3) is 0 Å². The molecular weight excluding hydrogens is 250 g/mol. The van der Waals surface area contributed by atoms with Crippen LogP contribution in [0, 0.1) is 13.8 Å². The maximum Gasteiger partial charge on any atom is 0.0897 e. The summed E-state index contributed by atoms with van der Waals surface area (Å²) >= 11 is 7.81. The van der Waals surface area contributed by atoms with Gasteiger partial charge in [-0.3, -0.25) is 0 Å². The molecule has 0 aliphatic heterocycles. The lowest BCUT2D eigenvalue weighted by atomic mass is 9.93. The first-order chi connectivity index (χ1) is 8.20. The van der Waals surface area contributed by atoms with Crippen molar-refractivity contribution in [2.75, 3.05) is 5.88 Å². The molecule has 17 heavy (non-hydrogen) atoms. The SMILES string of the molecule is Cc1nc(CC(CCl)c2ccccc2C)cs1. The number of halogens is 1. The van der Waals surface area contributed by atoms with E-state index in [9.17, 15) is 0 Å². The van der Waals surface area contributed by atoms with Gasteiger partial charge in [0.2, 0.25) is 0 Å². The number of aromatic nitrogens is 1. The fourth-order valence-electron chi connectivity index (χ4n) is 2.05. The van der Waals surface area contributed by atoms with Gasteiger partial charge in [-0.2, -0.15) is 0 Å². The van der Waals surface area contributed by atoms with Gasteiger partial charge in [0, 0.05) is 17.2 Å². The monoisotopic (exact) mass is 265 g/mol. The van der Waals surface area contributed by atoms with Gasteiger partial charge in [-0.25, -0.2) is 4.98 Å². The Morgan fingerprint density at radius 1 is 1.29 bits per heavy atom. The molecule has 0 saturated heterocycles. The third-order valence-corrected chi connectivity index (χ3v) is 4.13. The highest BCUT2D eigenvalue weighted by atomic mass is 35.5. The molecule has 0 aliphatic rings. The number of benzene rings is 1. The molecule has 0 N–H and O–H groups in total. The number of alkyl halides is 1. The molecule has 1 aromatic carbocycles. The number of rotatable bonds is 4. The highest BCUT2D eigenvalue weighted by Crippen LogP contribution is 2.25. The van der Waals surface area contributed by atoms with Crippen LogP contribution in [0.2, 0.25) is 0 Å². The molecule has 1 heterocycles. The lowest BCUT2D eigenvalue weighted by Gasteiger charge is -2.15. The van der Waals surface area contributed by atoms with Gasteiger partial charge in [0.15, 0.2) is 0 Å². The van der Waals surface area contributed by atoms with Crippen molar-refractivity contribution in [1.82, 2.24) is 4.98 Å². The van der Waals surface area contributed by atoms with Crippen LogP contribution in [0.15, 0.2) is 29.6 Å². The van der Waals surface area contributed by atoms with Crippen molar-refractivity contribution in [2.24, 2.45) is 0 Å². The standard InChI is InChI=1S/C14H16ClNS/c1-10-5-3-4-6-14(10)12(8-15)7-13-9-17-11(2)16-13/h3-6,9,12H,7-8H2,1-2H3. The smallest absolute Gasteiger partial charge is 0.0897 e. The summed E-state index contributed by atoms with van der Waals surface area (Å²) in [6, 6.07) is 8.45. The molecule has 0 aliphatic carbocycles. The number of nitrogens with zero attached hydrogens (tertiary/aromatic N) is 1. The first-order valence-corrected chi connectivity index (χ1v) is 7.14. The molecule has 0 radical (unpaired) electrons. The lowest BCUT2D eigenvalue weighted by molar-refractivity contribution is 0.745. The van der Waals surface area contributed by atoms with E-state index in [1.807, 2.05) is 6.92 Å². The average Bonchev–Trinajstić information content (AvgIpc) is 2.73. The Morgan fingerprint density at radius 2 is 2.06 bits per heavy atom. The first kappa shape index (κ1) is 12.6. The number of hydrogen-bond donors (Lipinski definition) is 0. The molecule has 1 atom stereocenters. The second-order valence-electron chi connectivity index (χ2n) is 4.27. The Morgan fingerprint density at radius 3 is 2.65 bits per heavy atom. The molecule has 90 valence electrons. The minimum atomic E-state index is 0.361. The van der Waals surface area contributed by atoms with Gasteiger partial charge < -0.3 is 0 Å². The van der Waals surface area contributed by atoms with Gasteiger partial charge in [-0.1, -0.05) is 24.3 Å². The van der Waals surface area contributed by atoms with Crippen molar-refractivity contribution in [3.8, 4) is 0 Å². The predicted octanol–water partition coefficient (Wildman–Crippen LogP) is 4.33. The predicted molar refractivity (Wildman–Crippen MR) is 75.2 cm³/mol. The molecule has 1 nitrogen and oxygen atoms in total. The zero-order valence-electron chi connectivity index (χ0n) is 10.1. The molecular formula is C14H16ClNS. The molecule has 1 aromatic heterocycles. The Balaban J connectivity index is 2.20. The molecule has 2 rings (SSSR count). The Bertz CT molecular complexity index is 492. The molecule has 0 amide bonds. The van der Waals surface area contributed by atoms with Crippen LogP contribution in [-0.2, 0) is 6.42 Å². The summed E-state index contributed by atoms with van der Waals surface area (Å²) in [6.07, 6.45) is 0.929. The van der Waals surface area contributed by atoms with Crippen LogP contribution in [-0.4, -0.2) is 10.9 Å². The molecule has 2 aromatic rings. The van der Waals surface area contributed by atoms with Crippen molar-refractivity contribution in [1.29, 1.82) is 0 Å². The van der Waals surface area contributed by atoms with Crippen LogP contribution in [0.4, 0.5) is 0 Å². The second kappa shape index (κ2) is 5.65. The van der Waals surface area contributed by atoms with Gasteiger partial charge in [-0.15, -0.1) is 22.9 Å². The van der Waals surface area contributed by atoms with Gasteiger partial charge >= 0.3 is 0 Å². The molecule has 0 fully saturated rings. The fourth-order valence-corrected chi connectivity index (χ4v) is 2.95. The summed E-state index contributed by atoms with van der Waals surface area (Å²) in [6.45, 7) is 4.18. The van der Waals surface area contributed by atoms with E-state index in [-0.39, 0.29) is 0 Å². The highest BCUT2D eigenvalue weighted by molar-refractivity contribution is 7.09. The fraction of sp³-hybridized carbons (Fsp3) is 0.357. The van der Waals surface area contributed by atoms with E-state index in [2.05, 4.69) is 41.6 Å². The van der Waals surface area contributed by atoms with Gasteiger partial charge in [0.1, 0.15) is 0 Å². The Kier molecular flexibility index (Phi) is 4.19. The number of thiazole rings is 1. The van der Waals surface area contributed by atoms with E-state index in [1.54, 1.807) is 11.3 Å². The Labute approximate surface area is 111 Å². The van der Waals surface area contributed by atoms with Gasteiger partial charge in [0.25, 0.3) is 0 Å². The summed E-state index contributed by atoms with van der Waals surface area (Å²) in [7, 11) is 0. The zero-order valence-corrected chi connectivity index (χ0v) is 11.7. The van der Waals surface area contributed by atoms with Crippen molar-refractivity contribution in [3.63, 3.8) is 0 Å². The van der Waals surface area contributed by atoms with Crippen LogP contribution >= 0.6 is 22.9 Å². The normalized spacial score (nSPS) is 12.6. The summed E-state index contributed by atoms with van der Waals surface area (Å²) < 4.78 is 0. The minimum Gasteiger partial charge on any atom is -0.247 e. The quantitative estimate of drug-likeness (QED) is 0.750. The molecule has 0 bridgehead atoms. The first-order valence-electron chi connectivity index (χ1n) is 5.73. The number of aryl methyl sites for hydroxylation is 2. The van der Waals surface area contributed by atoms with Gasteiger partial charge in [0.05, 0.1) is 10.7 Å². The van der Waals surface area contributed by atoms with E-state index < -0.39 is 0 Å². The van der Waals surface area contributed by atoms with Crippen LogP contribution in [0.1, 0.15) is 27.7 Å². The maximum absolute atomic E-state index is 6.11. The average molecular weight is 266 g/mol. The largest absolute Gasteiger partial charge is 0.247 e. The molecule has 3 heteroatoms. The van der Waals surface area contributed by atoms with E-state index in [0.29, 0.717) is 11.8 Å². The highest BCUT2D eigenvalue weighted by Gasteiger charge is 2.14. The van der Waals surface area contributed by atoms with E-state index in [1.165, 1.54) is 11.1 Å². The van der Waals surface area contributed by atoms with Crippen molar-refractivity contribution < 1.29 is 0 Å². The van der Waals surface area contributed by atoms with Crippen LogP contribution in [0.5, 0.6) is 0 Å². The van der Waals surface area contributed by atoms with Crippen molar-refractivity contribution in [3.05, 3.63) is 51.5 Å². The summed E-state index contributed by atoms with van der Waals surface area (Å²) in [5, 5.41) is 3.26. The zero-order chi connectivity index (χ0) is 12.3. The van der Waals surface area contributed by atoms with Crippen molar-refractivity contribution in [2.45, 2.75) is 26.2 Å². The minimum absolute atomic E-state index is 0.361. The van der Waals surface area contributed by atoms with Gasteiger partial charge in [-0.05, 0) is 31.4 Å². The van der Waals surface area contributed by atoms with E-state index in [4.69, 9.17) is 11.6 Å². The van der Waals surface area contributed by atoms with Crippen molar-refractivity contribution >= 4 is 22.9 Å². The number of hydrogen-bond acceptors (Lipinski definition) is 2. The maximum atomic E-state index is 6.11. The molecule has 1 unspecified atom stereocenters. The third-order valence-electron chi connectivity index (χ3n) is 2.94. The van der Waals surface area contributed by atoms with E-state index >= 15 is 0 Å². The van der Waals surface area contributed by atoms with Crippen LogP contribution in [0.3, 0.4) is 0 Å².